The van der Waals surface area contributed by atoms with Crippen molar-refractivity contribution in [3.8, 4) is 11.4 Å². The highest BCUT2D eigenvalue weighted by atomic mass is 32.2. The minimum Gasteiger partial charge on any atom is -0.383 e. The summed E-state index contributed by atoms with van der Waals surface area (Å²) >= 11 is 1.73. The molecule has 21 heavy (non-hydrogen) atoms. The molecule has 0 bridgehead atoms. The second kappa shape index (κ2) is 8.12. The van der Waals surface area contributed by atoms with E-state index in [4.69, 9.17) is 4.74 Å². The van der Waals surface area contributed by atoms with Crippen molar-refractivity contribution in [3.05, 3.63) is 41.7 Å². The number of rotatable bonds is 7. The Morgan fingerprint density at radius 2 is 1.95 bits per heavy atom. The van der Waals surface area contributed by atoms with Gasteiger partial charge in [-0.15, -0.1) is 11.8 Å². The summed E-state index contributed by atoms with van der Waals surface area (Å²) in [6, 6.07) is 10.4. The molecule has 1 N–H and O–H groups in total. The number of ether oxygens (including phenoxy) is 1. The van der Waals surface area contributed by atoms with Crippen LogP contribution in [-0.4, -0.2) is 36.5 Å². The van der Waals surface area contributed by atoms with Gasteiger partial charge in [0.05, 0.1) is 12.3 Å². The van der Waals surface area contributed by atoms with Gasteiger partial charge in [-0.3, -0.25) is 0 Å². The summed E-state index contributed by atoms with van der Waals surface area (Å²) in [6.45, 7) is 4.24. The lowest BCUT2D eigenvalue weighted by Crippen LogP contribution is -2.19. The molecule has 4 nitrogen and oxygen atoms in total. The molecule has 0 amide bonds. The molecule has 0 fully saturated rings. The first-order chi connectivity index (χ1) is 10.2. The van der Waals surface area contributed by atoms with Crippen LogP contribution in [0.15, 0.2) is 35.2 Å². The van der Waals surface area contributed by atoms with E-state index in [0.29, 0.717) is 6.61 Å². The van der Waals surface area contributed by atoms with E-state index in [1.54, 1.807) is 18.9 Å². The molecule has 0 saturated heterocycles. The van der Waals surface area contributed by atoms with Gasteiger partial charge in [-0.2, -0.15) is 0 Å². The fourth-order valence-corrected chi connectivity index (χ4v) is 2.39. The highest BCUT2D eigenvalue weighted by molar-refractivity contribution is 7.98. The van der Waals surface area contributed by atoms with Crippen LogP contribution in [-0.2, 0) is 11.3 Å². The van der Waals surface area contributed by atoms with Crippen molar-refractivity contribution in [1.82, 2.24) is 15.3 Å². The van der Waals surface area contributed by atoms with E-state index in [0.717, 1.165) is 35.9 Å². The Morgan fingerprint density at radius 1 is 1.19 bits per heavy atom. The van der Waals surface area contributed by atoms with E-state index in [9.17, 15) is 0 Å². The summed E-state index contributed by atoms with van der Waals surface area (Å²) in [4.78, 5) is 10.4. The summed E-state index contributed by atoms with van der Waals surface area (Å²) in [5, 5.41) is 3.31. The van der Waals surface area contributed by atoms with Crippen molar-refractivity contribution in [2.24, 2.45) is 0 Å². The van der Waals surface area contributed by atoms with E-state index in [1.165, 1.54) is 4.90 Å². The van der Waals surface area contributed by atoms with Crippen LogP contribution in [0, 0.1) is 6.92 Å². The van der Waals surface area contributed by atoms with E-state index in [-0.39, 0.29) is 0 Å². The van der Waals surface area contributed by atoms with Crippen molar-refractivity contribution in [3.63, 3.8) is 0 Å². The van der Waals surface area contributed by atoms with Crippen molar-refractivity contribution >= 4 is 11.8 Å². The first-order valence-electron chi connectivity index (χ1n) is 6.91. The lowest BCUT2D eigenvalue weighted by molar-refractivity contribution is 0.199. The van der Waals surface area contributed by atoms with E-state index >= 15 is 0 Å². The van der Waals surface area contributed by atoms with Crippen LogP contribution in [0.4, 0.5) is 0 Å². The van der Waals surface area contributed by atoms with Crippen molar-refractivity contribution < 1.29 is 4.74 Å². The van der Waals surface area contributed by atoms with Gasteiger partial charge in [-0.25, -0.2) is 9.97 Å². The predicted molar refractivity (Wildman–Crippen MR) is 87.6 cm³/mol. The van der Waals surface area contributed by atoms with Gasteiger partial charge in [0.2, 0.25) is 0 Å². The molecule has 1 aromatic carbocycles. The number of aromatic nitrogens is 2. The van der Waals surface area contributed by atoms with Crippen LogP contribution in [0.2, 0.25) is 0 Å². The zero-order chi connectivity index (χ0) is 15.1. The molecule has 0 aliphatic carbocycles. The quantitative estimate of drug-likeness (QED) is 0.629. The number of nitrogens with one attached hydrogen (secondary N) is 1. The molecule has 0 spiro atoms. The van der Waals surface area contributed by atoms with E-state index < -0.39 is 0 Å². The van der Waals surface area contributed by atoms with Gasteiger partial charge in [0.25, 0.3) is 0 Å². The average Bonchev–Trinajstić information content (AvgIpc) is 2.51. The number of thioether (sulfide) groups is 1. The van der Waals surface area contributed by atoms with Gasteiger partial charge in [-0.1, -0.05) is 12.1 Å². The van der Waals surface area contributed by atoms with E-state index in [1.807, 2.05) is 13.0 Å². The Morgan fingerprint density at radius 3 is 2.62 bits per heavy atom. The van der Waals surface area contributed by atoms with Crippen molar-refractivity contribution in [1.29, 1.82) is 0 Å². The fraction of sp³-hybridized carbons (Fsp3) is 0.375. The third kappa shape index (κ3) is 4.81. The Labute approximate surface area is 130 Å². The number of methoxy groups -OCH3 is 1. The lowest BCUT2D eigenvalue weighted by Gasteiger charge is -2.08. The zero-order valence-corrected chi connectivity index (χ0v) is 13.5. The van der Waals surface area contributed by atoms with Crippen LogP contribution in [0.1, 0.15) is 11.4 Å². The zero-order valence-electron chi connectivity index (χ0n) is 12.7. The molecule has 0 atom stereocenters. The molecule has 1 heterocycles. The predicted octanol–water partition coefficient (Wildman–Crippen LogP) is 2.91. The lowest BCUT2D eigenvalue weighted by atomic mass is 10.2. The molecular weight excluding hydrogens is 282 g/mol. The maximum Gasteiger partial charge on any atom is 0.159 e. The molecule has 2 rings (SSSR count). The summed E-state index contributed by atoms with van der Waals surface area (Å²) in [5.41, 5.74) is 3.04. The minimum atomic E-state index is 0.701. The molecule has 0 radical (unpaired) electrons. The monoisotopic (exact) mass is 303 g/mol. The molecular formula is C16H21N3OS. The van der Waals surface area contributed by atoms with Crippen LogP contribution >= 0.6 is 11.8 Å². The number of nitrogens with zero attached hydrogens (tertiary/aromatic N) is 2. The van der Waals surface area contributed by atoms with Crippen LogP contribution < -0.4 is 5.32 Å². The smallest absolute Gasteiger partial charge is 0.159 e. The SMILES string of the molecule is COCCNCc1cc(C)nc(-c2ccc(SC)cc2)n1. The maximum absolute atomic E-state index is 5.02. The van der Waals surface area contributed by atoms with Gasteiger partial charge >= 0.3 is 0 Å². The van der Waals surface area contributed by atoms with Crippen molar-refractivity contribution in [2.45, 2.75) is 18.4 Å². The Hall–Kier alpha value is -1.43. The number of hydrogen-bond acceptors (Lipinski definition) is 5. The number of aryl methyl sites for hydroxylation is 1. The van der Waals surface area contributed by atoms with Gasteiger partial charge in [0.1, 0.15) is 0 Å². The first kappa shape index (κ1) is 15.9. The minimum absolute atomic E-state index is 0.701. The third-order valence-electron chi connectivity index (χ3n) is 3.04. The first-order valence-corrected chi connectivity index (χ1v) is 8.14. The highest BCUT2D eigenvalue weighted by Crippen LogP contribution is 2.21. The summed E-state index contributed by atoms with van der Waals surface area (Å²) in [6.07, 6.45) is 2.07. The van der Waals surface area contributed by atoms with Crippen LogP contribution in [0.5, 0.6) is 0 Å². The van der Waals surface area contributed by atoms with Crippen LogP contribution in [0.3, 0.4) is 0 Å². The fourth-order valence-electron chi connectivity index (χ4n) is 1.98. The molecule has 0 aliphatic rings. The third-order valence-corrected chi connectivity index (χ3v) is 3.79. The molecule has 0 saturated carbocycles. The van der Waals surface area contributed by atoms with Gasteiger partial charge in [0.15, 0.2) is 5.82 Å². The largest absolute Gasteiger partial charge is 0.383 e. The van der Waals surface area contributed by atoms with Gasteiger partial charge in [0, 0.05) is 36.4 Å². The number of benzene rings is 1. The molecule has 5 heteroatoms. The summed E-state index contributed by atoms with van der Waals surface area (Å²) in [7, 11) is 1.70. The summed E-state index contributed by atoms with van der Waals surface area (Å²) < 4.78 is 5.02. The van der Waals surface area contributed by atoms with Gasteiger partial charge in [-0.05, 0) is 31.4 Å². The summed E-state index contributed by atoms with van der Waals surface area (Å²) in [5.74, 6) is 0.784. The molecule has 1 aromatic heterocycles. The number of hydrogen-bond donors (Lipinski definition) is 1. The molecule has 112 valence electrons. The Kier molecular flexibility index (Phi) is 6.17. The maximum atomic E-state index is 5.02. The van der Waals surface area contributed by atoms with Gasteiger partial charge < -0.3 is 10.1 Å². The van der Waals surface area contributed by atoms with Crippen molar-refractivity contribution in [2.75, 3.05) is 26.5 Å². The highest BCUT2D eigenvalue weighted by Gasteiger charge is 2.05. The van der Waals surface area contributed by atoms with Crippen LogP contribution in [0.25, 0.3) is 11.4 Å². The second-order valence-corrected chi connectivity index (χ2v) is 5.60. The standard InChI is InChI=1S/C16H21N3OS/c1-12-10-14(11-17-8-9-20-2)19-16(18-12)13-4-6-15(21-3)7-5-13/h4-7,10,17H,8-9,11H2,1-3H3. The molecule has 2 aromatic rings. The average molecular weight is 303 g/mol. The topological polar surface area (TPSA) is 47.0 Å². The Bertz CT molecular complexity index is 572. The molecule has 0 unspecified atom stereocenters. The molecule has 0 aliphatic heterocycles. The van der Waals surface area contributed by atoms with E-state index in [2.05, 4.69) is 45.8 Å². The normalized spacial score (nSPS) is 10.8. The second-order valence-electron chi connectivity index (χ2n) is 4.72. The Balaban J connectivity index is 2.13.